The van der Waals surface area contributed by atoms with E-state index in [0.29, 0.717) is 6.42 Å². The van der Waals surface area contributed by atoms with Gasteiger partial charge in [-0.3, -0.25) is 9.78 Å². The average molecular weight is 342 g/mol. The van der Waals surface area contributed by atoms with Crippen molar-refractivity contribution in [2.75, 3.05) is 5.32 Å². The Labute approximate surface area is 151 Å². The van der Waals surface area contributed by atoms with Crippen molar-refractivity contribution in [2.24, 2.45) is 0 Å². The second-order valence-corrected chi connectivity index (χ2v) is 6.92. The molecule has 4 nitrogen and oxygen atoms in total. The number of allylic oxidation sites excluding steroid dienone is 2. The quantitative estimate of drug-likeness (QED) is 0.683. The van der Waals surface area contributed by atoms with Crippen molar-refractivity contribution in [1.82, 2.24) is 4.98 Å². The SMILES string of the molecule is O=C1CCCC2=C1[C@@H](c1cccc(O)c1)c1ccc3ncccc3c1N2. The van der Waals surface area contributed by atoms with Gasteiger partial charge in [0.1, 0.15) is 5.75 Å². The molecule has 0 bridgehead atoms. The van der Waals surface area contributed by atoms with Crippen LogP contribution in [-0.4, -0.2) is 15.9 Å². The molecule has 5 rings (SSSR count). The summed E-state index contributed by atoms with van der Waals surface area (Å²) in [7, 11) is 0. The number of carbonyl (C=O) groups excluding carboxylic acids is 1. The van der Waals surface area contributed by atoms with Crippen LogP contribution in [0.2, 0.25) is 0 Å². The molecule has 0 fully saturated rings. The second-order valence-electron chi connectivity index (χ2n) is 6.92. The number of nitrogens with one attached hydrogen (secondary N) is 1. The van der Waals surface area contributed by atoms with Crippen molar-refractivity contribution >= 4 is 22.4 Å². The fourth-order valence-corrected chi connectivity index (χ4v) is 4.23. The highest BCUT2D eigenvalue weighted by Gasteiger charge is 2.35. The minimum atomic E-state index is -0.161. The van der Waals surface area contributed by atoms with Gasteiger partial charge in [-0.05, 0) is 54.3 Å². The molecule has 4 heteroatoms. The van der Waals surface area contributed by atoms with Crippen LogP contribution in [0.5, 0.6) is 5.75 Å². The van der Waals surface area contributed by atoms with E-state index in [9.17, 15) is 9.90 Å². The molecule has 2 heterocycles. The third kappa shape index (κ3) is 2.22. The van der Waals surface area contributed by atoms with E-state index in [1.165, 1.54) is 0 Å². The summed E-state index contributed by atoms with van der Waals surface area (Å²) in [5, 5.41) is 14.6. The van der Waals surface area contributed by atoms with E-state index in [0.717, 1.165) is 51.8 Å². The van der Waals surface area contributed by atoms with Crippen LogP contribution in [0.15, 0.2) is 66.0 Å². The van der Waals surface area contributed by atoms with E-state index < -0.39 is 0 Å². The van der Waals surface area contributed by atoms with Crippen LogP contribution in [0.25, 0.3) is 10.9 Å². The first-order chi connectivity index (χ1) is 12.7. The third-order valence-corrected chi connectivity index (χ3v) is 5.35. The van der Waals surface area contributed by atoms with Crippen molar-refractivity contribution < 1.29 is 9.90 Å². The smallest absolute Gasteiger partial charge is 0.161 e. The highest BCUT2D eigenvalue weighted by molar-refractivity contribution is 6.04. The van der Waals surface area contributed by atoms with Gasteiger partial charge in [0, 0.05) is 35.2 Å². The van der Waals surface area contributed by atoms with E-state index in [4.69, 9.17) is 0 Å². The van der Waals surface area contributed by atoms with Crippen molar-refractivity contribution in [1.29, 1.82) is 0 Å². The molecule has 3 aromatic rings. The maximum Gasteiger partial charge on any atom is 0.161 e. The molecule has 2 aliphatic rings. The van der Waals surface area contributed by atoms with E-state index in [1.54, 1.807) is 18.3 Å². The number of nitrogens with zero attached hydrogens (tertiary/aromatic N) is 1. The molecule has 128 valence electrons. The summed E-state index contributed by atoms with van der Waals surface area (Å²) in [6.07, 6.45) is 4.11. The standard InChI is InChI=1S/C22H18N2O2/c25-14-5-1-4-13(12-14)20-16-9-10-17-15(6-3-11-23-17)22(16)24-18-7-2-8-19(26)21(18)20/h1,3-6,9-12,20,24-25H,2,7-8H2/t20-/m0/s1. The van der Waals surface area contributed by atoms with E-state index in [1.807, 2.05) is 24.3 Å². The van der Waals surface area contributed by atoms with Crippen LogP contribution in [0, 0.1) is 0 Å². The Morgan fingerprint density at radius 2 is 2.00 bits per heavy atom. The van der Waals surface area contributed by atoms with Gasteiger partial charge in [0.05, 0.1) is 11.2 Å². The van der Waals surface area contributed by atoms with Crippen molar-refractivity contribution in [3.63, 3.8) is 0 Å². The number of ketones is 1. The van der Waals surface area contributed by atoms with E-state index in [2.05, 4.69) is 22.4 Å². The van der Waals surface area contributed by atoms with Crippen LogP contribution >= 0.6 is 0 Å². The topological polar surface area (TPSA) is 62.2 Å². The summed E-state index contributed by atoms with van der Waals surface area (Å²) in [6, 6.07) is 15.3. The normalized spacial score (nSPS) is 19.1. The summed E-state index contributed by atoms with van der Waals surface area (Å²) in [5.74, 6) is 0.255. The fraction of sp³-hybridized carbons (Fsp3) is 0.182. The Bertz CT molecular complexity index is 1080. The monoisotopic (exact) mass is 342 g/mol. The summed E-state index contributed by atoms with van der Waals surface area (Å²) in [5.41, 5.74) is 5.82. The minimum absolute atomic E-state index is 0.161. The molecule has 0 saturated carbocycles. The van der Waals surface area contributed by atoms with Crippen LogP contribution in [0.1, 0.15) is 36.3 Å². The first-order valence-electron chi connectivity index (χ1n) is 8.92. The van der Waals surface area contributed by atoms with Gasteiger partial charge in [0.25, 0.3) is 0 Å². The van der Waals surface area contributed by atoms with Gasteiger partial charge in [-0.15, -0.1) is 0 Å². The molecule has 0 saturated heterocycles. The predicted molar refractivity (Wildman–Crippen MR) is 101 cm³/mol. The Balaban J connectivity index is 1.81. The number of carbonyl (C=O) groups is 1. The molecule has 0 unspecified atom stereocenters. The number of hydrogen-bond donors (Lipinski definition) is 2. The van der Waals surface area contributed by atoms with Crippen LogP contribution in [-0.2, 0) is 4.79 Å². The van der Waals surface area contributed by atoms with Crippen LogP contribution in [0.4, 0.5) is 5.69 Å². The number of aromatic hydroxyl groups is 1. The highest BCUT2D eigenvalue weighted by atomic mass is 16.3. The number of aromatic nitrogens is 1. The molecule has 1 atom stereocenters. The molecular formula is C22H18N2O2. The van der Waals surface area contributed by atoms with Crippen molar-refractivity contribution in [3.8, 4) is 5.75 Å². The highest BCUT2D eigenvalue weighted by Crippen LogP contribution is 2.47. The Morgan fingerprint density at radius 3 is 2.88 bits per heavy atom. The zero-order valence-corrected chi connectivity index (χ0v) is 14.2. The molecule has 26 heavy (non-hydrogen) atoms. The molecular weight excluding hydrogens is 324 g/mol. The molecule has 1 aliphatic carbocycles. The molecule has 1 aromatic heterocycles. The number of anilines is 1. The van der Waals surface area contributed by atoms with E-state index in [-0.39, 0.29) is 17.5 Å². The maximum absolute atomic E-state index is 12.8. The fourth-order valence-electron chi connectivity index (χ4n) is 4.23. The number of fused-ring (bicyclic) bond motifs is 3. The van der Waals surface area contributed by atoms with E-state index >= 15 is 0 Å². The zero-order valence-electron chi connectivity index (χ0n) is 14.2. The number of Topliss-reactive ketones (excluding diaryl/α,β-unsaturated/α-hetero) is 1. The van der Waals surface area contributed by atoms with Crippen molar-refractivity contribution in [3.05, 3.63) is 77.1 Å². The summed E-state index contributed by atoms with van der Waals surface area (Å²) < 4.78 is 0. The minimum Gasteiger partial charge on any atom is -0.508 e. The predicted octanol–water partition coefficient (Wildman–Crippen LogP) is 4.50. The van der Waals surface area contributed by atoms with Gasteiger partial charge in [0.15, 0.2) is 5.78 Å². The third-order valence-electron chi connectivity index (χ3n) is 5.35. The maximum atomic E-state index is 12.8. The van der Waals surface area contributed by atoms with Gasteiger partial charge in [-0.2, -0.15) is 0 Å². The lowest BCUT2D eigenvalue weighted by Gasteiger charge is -2.34. The Morgan fingerprint density at radius 1 is 1.08 bits per heavy atom. The first-order valence-corrected chi connectivity index (χ1v) is 8.92. The van der Waals surface area contributed by atoms with Gasteiger partial charge in [-0.25, -0.2) is 0 Å². The summed E-state index contributed by atoms with van der Waals surface area (Å²) in [6.45, 7) is 0. The Hall–Kier alpha value is -3.14. The molecule has 1 aliphatic heterocycles. The number of phenolic OH excluding ortho intramolecular Hbond substituents is 1. The number of hydrogen-bond acceptors (Lipinski definition) is 4. The lowest BCUT2D eigenvalue weighted by atomic mass is 9.75. The number of rotatable bonds is 1. The molecule has 2 N–H and O–H groups in total. The van der Waals surface area contributed by atoms with Gasteiger partial charge >= 0.3 is 0 Å². The lowest BCUT2D eigenvalue weighted by Crippen LogP contribution is -2.27. The van der Waals surface area contributed by atoms with Gasteiger partial charge in [-0.1, -0.05) is 18.2 Å². The molecule has 2 aromatic carbocycles. The molecule has 0 radical (unpaired) electrons. The van der Waals surface area contributed by atoms with Crippen LogP contribution < -0.4 is 5.32 Å². The molecule has 0 amide bonds. The number of pyridine rings is 1. The average Bonchev–Trinajstić information content (AvgIpc) is 2.66. The number of phenols is 1. The summed E-state index contributed by atoms with van der Waals surface area (Å²) >= 11 is 0. The van der Waals surface area contributed by atoms with Gasteiger partial charge < -0.3 is 10.4 Å². The second kappa shape index (κ2) is 5.70. The Kier molecular flexibility index (Phi) is 3.32. The first kappa shape index (κ1) is 15.1. The van der Waals surface area contributed by atoms with Gasteiger partial charge in [0.2, 0.25) is 0 Å². The van der Waals surface area contributed by atoms with Crippen molar-refractivity contribution in [2.45, 2.75) is 25.2 Å². The number of benzene rings is 2. The zero-order chi connectivity index (χ0) is 17.7. The summed E-state index contributed by atoms with van der Waals surface area (Å²) in [4.78, 5) is 17.3. The lowest BCUT2D eigenvalue weighted by molar-refractivity contribution is -0.116. The largest absolute Gasteiger partial charge is 0.508 e. The van der Waals surface area contributed by atoms with Crippen LogP contribution in [0.3, 0.4) is 0 Å². The molecule has 0 spiro atoms.